The van der Waals surface area contributed by atoms with Gasteiger partial charge in [-0.1, -0.05) is 41.5 Å². The van der Waals surface area contributed by atoms with Crippen LogP contribution in [0.4, 0.5) is 0 Å². The summed E-state index contributed by atoms with van der Waals surface area (Å²) >= 11 is 0. The van der Waals surface area contributed by atoms with Gasteiger partial charge >= 0.3 is 0 Å². The van der Waals surface area contributed by atoms with Gasteiger partial charge in [-0.15, -0.1) is 0 Å². The molecular weight excluding hydrogens is 412 g/mol. The molecule has 3 N–H and O–H groups in total. The summed E-state index contributed by atoms with van der Waals surface area (Å²) < 4.78 is 0. The summed E-state index contributed by atoms with van der Waals surface area (Å²) in [5, 5.41) is 29.9. The molecule has 0 heterocycles. The van der Waals surface area contributed by atoms with Crippen LogP contribution in [0.15, 0.2) is 59.7 Å². The number of phenolic OH excluding ortho intramolecular Hbond substituents is 2. The van der Waals surface area contributed by atoms with Gasteiger partial charge in [0.2, 0.25) is 0 Å². The van der Waals surface area contributed by atoms with E-state index in [0.717, 1.165) is 24.0 Å². The maximum absolute atomic E-state index is 11.8. The van der Waals surface area contributed by atoms with Crippen LogP contribution in [0.1, 0.15) is 87.4 Å². The molecule has 2 rings (SSSR count). The van der Waals surface area contributed by atoms with Gasteiger partial charge in [-0.2, -0.15) is 0 Å². The molecule has 0 aliphatic rings. The first-order chi connectivity index (χ1) is 15.3. The normalized spacial score (nSPS) is 12.1. The Kier molecular flexibility index (Phi) is 11.1. The Hall–Kier alpha value is -2.85. The average Bonchev–Trinajstić information content (AvgIpc) is 2.67. The van der Waals surface area contributed by atoms with Crippen molar-refractivity contribution in [3.05, 3.63) is 82.0 Å². The highest BCUT2D eigenvalue weighted by Crippen LogP contribution is 2.33. The summed E-state index contributed by atoms with van der Waals surface area (Å²) in [7, 11) is 0. The predicted molar refractivity (Wildman–Crippen MR) is 137 cm³/mol. The molecule has 0 aromatic heterocycles. The van der Waals surface area contributed by atoms with Gasteiger partial charge in [0, 0.05) is 12.0 Å². The quantitative estimate of drug-likeness (QED) is 0.290. The van der Waals surface area contributed by atoms with Crippen LogP contribution in [0.3, 0.4) is 0 Å². The van der Waals surface area contributed by atoms with Gasteiger partial charge in [0.1, 0.15) is 11.5 Å². The van der Waals surface area contributed by atoms with E-state index in [2.05, 4.69) is 6.08 Å². The Balaban J connectivity index is 0.000000331. The molecule has 180 valence electrons. The first kappa shape index (κ1) is 28.2. The van der Waals surface area contributed by atoms with Gasteiger partial charge < -0.3 is 15.3 Å². The number of carbonyl (C=O) groups is 1. The highest BCUT2D eigenvalue weighted by molar-refractivity contribution is 5.98. The van der Waals surface area contributed by atoms with Gasteiger partial charge in [-0.3, -0.25) is 4.79 Å². The van der Waals surface area contributed by atoms with Crippen LogP contribution in [-0.2, 0) is 5.60 Å². The molecule has 1 unspecified atom stereocenters. The van der Waals surface area contributed by atoms with Crippen molar-refractivity contribution in [2.75, 3.05) is 0 Å². The van der Waals surface area contributed by atoms with E-state index in [-0.39, 0.29) is 17.3 Å². The van der Waals surface area contributed by atoms with Crippen molar-refractivity contribution in [1.29, 1.82) is 0 Å². The Morgan fingerprint density at radius 3 is 1.88 bits per heavy atom. The Morgan fingerprint density at radius 1 is 0.848 bits per heavy atom. The van der Waals surface area contributed by atoms with Gasteiger partial charge in [0.25, 0.3) is 0 Å². The van der Waals surface area contributed by atoms with E-state index in [1.54, 1.807) is 31.2 Å². The number of aromatic hydroxyl groups is 2. The molecular formula is C29H40O4. The summed E-state index contributed by atoms with van der Waals surface area (Å²) in [6, 6.07) is 10.5. The van der Waals surface area contributed by atoms with E-state index in [1.807, 2.05) is 59.8 Å². The van der Waals surface area contributed by atoms with Crippen molar-refractivity contribution < 1.29 is 20.1 Å². The highest BCUT2D eigenvalue weighted by Gasteiger charge is 2.25. The fraction of sp³-hybridized carbons (Fsp3) is 0.414. The maximum atomic E-state index is 11.8. The van der Waals surface area contributed by atoms with Crippen molar-refractivity contribution in [2.45, 2.75) is 79.8 Å². The molecule has 0 bridgehead atoms. The van der Waals surface area contributed by atoms with E-state index in [0.29, 0.717) is 24.0 Å². The summed E-state index contributed by atoms with van der Waals surface area (Å²) in [5.41, 5.74) is 4.45. The molecule has 33 heavy (non-hydrogen) atoms. The predicted octanol–water partition coefficient (Wildman–Crippen LogP) is 7.28. The Morgan fingerprint density at radius 2 is 1.36 bits per heavy atom. The first-order valence-corrected chi connectivity index (χ1v) is 11.5. The molecule has 1 atom stereocenters. The highest BCUT2D eigenvalue weighted by atomic mass is 16.3. The smallest absolute Gasteiger partial charge is 0.166 e. The zero-order chi connectivity index (χ0) is 25.2. The van der Waals surface area contributed by atoms with Crippen LogP contribution in [0.25, 0.3) is 0 Å². The summed E-state index contributed by atoms with van der Waals surface area (Å²) in [5.74, 6) is 0.254. The number of aryl methyl sites for hydroxylation is 2. The Bertz CT molecular complexity index is 989. The summed E-state index contributed by atoms with van der Waals surface area (Å²) in [6.07, 6.45) is 6.72. The molecule has 2 aromatic carbocycles. The van der Waals surface area contributed by atoms with Gasteiger partial charge in [-0.05, 0) is 97.1 Å². The third kappa shape index (κ3) is 10.1. The fourth-order valence-electron chi connectivity index (χ4n) is 3.38. The van der Waals surface area contributed by atoms with Crippen LogP contribution in [-0.4, -0.2) is 21.1 Å². The number of carbonyl (C=O) groups excluding carboxylic acids is 1. The van der Waals surface area contributed by atoms with Crippen LogP contribution < -0.4 is 0 Å². The molecule has 0 spiro atoms. The number of aliphatic hydroxyl groups is 1. The average molecular weight is 453 g/mol. The second-order valence-corrected chi connectivity index (χ2v) is 9.38. The third-order valence-electron chi connectivity index (χ3n) is 5.29. The number of rotatable bonds is 8. The first-order valence-electron chi connectivity index (χ1n) is 11.5. The van der Waals surface area contributed by atoms with Gasteiger partial charge in [0.05, 0.1) is 11.2 Å². The van der Waals surface area contributed by atoms with Crippen molar-refractivity contribution in [3.8, 4) is 11.5 Å². The van der Waals surface area contributed by atoms with Gasteiger partial charge in [0.15, 0.2) is 5.78 Å². The van der Waals surface area contributed by atoms with Crippen molar-refractivity contribution in [3.63, 3.8) is 0 Å². The van der Waals surface area contributed by atoms with Crippen molar-refractivity contribution in [2.24, 2.45) is 0 Å². The minimum Gasteiger partial charge on any atom is -0.508 e. The fourth-order valence-corrected chi connectivity index (χ4v) is 3.38. The topological polar surface area (TPSA) is 77.8 Å². The van der Waals surface area contributed by atoms with Crippen LogP contribution in [0, 0.1) is 13.8 Å². The van der Waals surface area contributed by atoms with E-state index in [9.17, 15) is 20.1 Å². The number of hydrogen-bond donors (Lipinski definition) is 3. The zero-order valence-electron chi connectivity index (χ0n) is 21.2. The Labute approximate surface area is 199 Å². The summed E-state index contributed by atoms with van der Waals surface area (Å²) in [4.78, 5) is 11.8. The van der Waals surface area contributed by atoms with Gasteiger partial charge in [-0.25, -0.2) is 0 Å². The maximum Gasteiger partial charge on any atom is 0.166 e. The van der Waals surface area contributed by atoms with Crippen LogP contribution in [0.5, 0.6) is 11.5 Å². The molecule has 0 saturated heterocycles. The molecule has 0 aliphatic heterocycles. The number of phenols is 2. The number of ketones is 1. The molecule has 2 aromatic rings. The van der Waals surface area contributed by atoms with E-state index in [4.69, 9.17) is 0 Å². The van der Waals surface area contributed by atoms with E-state index >= 15 is 0 Å². The van der Waals surface area contributed by atoms with E-state index in [1.165, 1.54) is 11.1 Å². The van der Waals surface area contributed by atoms with Crippen molar-refractivity contribution in [1.82, 2.24) is 0 Å². The monoisotopic (exact) mass is 452 g/mol. The summed E-state index contributed by atoms with van der Waals surface area (Å²) in [6.45, 7) is 13.6. The molecule has 4 nitrogen and oxygen atoms in total. The van der Waals surface area contributed by atoms with Crippen molar-refractivity contribution >= 4 is 5.78 Å². The van der Waals surface area contributed by atoms with Crippen LogP contribution >= 0.6 is 0 Å². The lowest BCUT2D eigenvalue weighted by Gasteiger charge is -2.24. The lowest BCUT2D eigenvalue weighted by atomic mass is 9.89. The third-order valence-corrected chi connectivity index (χ3v) is 5.29. The lowest BCUT2D eigenvalue weighted by Crippen LogP contribution is -2.20. The minimum absolute atomic E-state index is 0.00463. The number of hydrogen-bond acceptors (Lipinski definition) is 4. The second-order valence-electron chi connectivity index (χ2n) is 9.38. The number of Topliss-reactive ketones (excluding diaryl/α,β-unsaturated/α-hetero) is 1. The molecule has 0 amide bonds. The molecule has 0 radical (unpaired) electrons. The van der Waals surface area contributed by atoms with Crippen LogP contribution in [0.2, 0.25) is 0 Å². The SMILES string of the molecule is CC(C)=CCCC(=O)c1ccc(C)cc1O.CC(C)=CCCC(C)(O)c1ccc(C)cc1O. The molecule has 4 heteroatoms. The molecule has 0 aliphatic carbocycles. The second kappa shape index (κ2) is 13.0. The zero-order valence-corrected chi connectivity index (χ0v) is 21.2. The minimum atomic E-state index is -0.982. The molecule has 0 saturated carbocycles. The standard InChI is InChI=1S/C15H22O2.C14H18O2/c1-11(2)6-5-9-15(4,17)13-8-7-12(3)10-14(13)16;1-10(2)5-4-6-13(15)12-8-7-11(3)9-14(12)16/h6-8,10,16-17H,5,9H2,1-4H3;5,7-9,16H,4,6H2,1-3H3. The van der Waals surface area contributed by atoms with E-state index < -0.39 is 5.60 Å². The lowest BCUT2D eigenvalue weighted by molar-refractivity contribution is 0.0463. The molecule has 0 fully saturated rings. The largest absolute Gasteiger partial charge is 0.508 e. The number of allylic oxidation sites excluding steroid dienone is 4. The number of benzene rings is 2.